The Labute approximate surface area is 162 Å². The van der Waals surface area contributed by atoms with Gasteiger partial charge in [0.15, 0.2) is 0 Å². The first-order chi connectivity index (χ1) is 12.7. The largest absolute Gasteiger partial charge is 0.462 e. The molecule has 1 aromatic heterocycles. The Balaban J connectivity index is 2.42. The minimum atomic E-state index is -0.561. The normalized spacial score (nSPS) is 10.6. The van der Waals surface area contributed by atoms with Gasteiger partial charge in [-0.1, -0.05) is 17.7 Å². The Morgan fingerprint density at radius 3 is 2.44 bits per heavy atom. The molecule has 0 saturated carbocycles. The Morgan fingerprint density at radius 2 is 1.85 bits per heavy atom. The van der Waals surface area contributed by atoms with Crippen molar-refractivity contribution in [2.24, 2.45) is 0 Å². The number of esters is 1. The highest BCUT2D eigenvalue weighted by atomic mass is 32.1. The van der Waals surface area contributed by atoms with E-state index in [1.54, 1.807) is 32.0 Å². The molecule has 0 atom stereocenters. The Hall–Kier alpha value is -2.67. The molecule has 1 heterocycles. The highest BCUT2D eigenvalue weighted by Crippen LogP contribution is 2.34. The maximum atomic E-state index is 12.6. The van der Waals surface area contributed by atoms with Crippen LogP contribution in [0.5, 0.6) is 0 Å². The molecule has 2 rings (SSSR count). The van der Waals surface area contributed by atoms with Crippen LogP contribution in [0.25, 0.3) is 0 Å². The molecule has 1 aromatic carbocycles. The summed E-state index contributed by atoms with van der Waals surface area (Å²) in [5.41, 5.74) is 2.14. The van der Waals surface area contributed by atoms with Crippen LogP contribution in [-0.2, 0) is 4.74 Å². The zero-order chi connectivity index (χ0) is 20.1. The summed E-state index contributed by atoms with van der Waals surface area (Å²) in [6.07, 6.45) is 0. The number of benzene rings is 1. The van der Waals surface area contributed by atoms with Gasteiger partial charge in [0.1, 0.15) is 5.00 Å². The zero-order valence-electron chi connectivity index (χ0n) is 16.1. The number of aryl methyl sites for hydroxylation is 1. The molecule has 27 heavy (non-hydrogen) atoms. The van der Waals surface area contributed by atoms with Crippen molar-refractivity contribution in [3.05, 3.63) is 51.4 Å². The molecule has 0 radical (unpaired) electrons. The van der Waals surface area contributed by atoms with Gasteiger partial charge in [-0.25, -0.2) is 4.79 Å². The number of hydrogen-bond acceptors (Lipinski definition) is 5. The molecule has 0 fully saturated rings. The number of ether oxygens (including phenoxy) is 1. The summed E-state index contributed by atoms with van der Waals surface area (Å²) in [5.74, 6) is -1.19. The van der Waals surface area contributed by atoms with Crippen LogP contribution < -0.4 is 10.6 Å². The van der Waals surface area contributed by atoms with E-state index in [2.05, 4.69) is 10.6 Å². The van der Waals surface area contributed by atoms with Gasteiger partial charge in [0.25, 0.3) is 11.8 Å². The van der Waals surface area contributed by atoms with Crippen molar-refractivity contribution in [2.75, 3.05) is 11.9 Å². The minimum Gasteiger partial charge on any atom is -0.462 e. The number of carbonyl (C=O) groups excluding carboxylic acids is 3. The van der Waals surface area contributed by atoms with E-state index in [9.17, 15) is 14.4 Å². The second-order valence-electron chi connectivity index (χ2n) is 6.43. The fourth-order valence-corrected chi connectivity index (χ4v) is 3.65. The van der Waals surface area contributed by atoms with Gasteiger partial charge in [-0.15, -0.1) is 11.3 Å². The van der Waals surface area contributed by atoms with Crippen molar-refractivity contribution < 1.29 is 19.1 Å². The molecule has 6 nitrogen and oxygen atoms in total. The highest BCUT2D eigenvalue weighted by molar-refractivity contribution is 7.18. The van der Waals surface area contributed by atoms with E-state index in [-0.39, 0.29) is 30.0 Å². The van der Waals surface area contributed by atoms with Crippen molar-refractivity contribution in [3.63, 3.8) is 0 Å². The molecule has 0 aliphatic rings. The van der Waals surface area contributed by atoms with Crippen LogP contribution in [0.2, 0.25) is 0 Å². The average molecular weight is 388 g/mol. The molecule has 0 saturated heterocycles. The molecule has 7 heteroatoms. The standard InChI is InChI=1S/C20H24N2O4S/c1-6-26-20(25)15-13(5)16(18(24)21-11(2)3)27-19(15)22-17(23)14-9-7-8-12(4)10-14/h7-11H,6H2,1-5H3,(H,21,24)(H,22,23). The van der Waals surface area contributed by atoms with E-state index in [0.717, 1.165) is 16.9 Å². The fourth-order valence-electron chi connectivity index (χ4n) is 2.56. The van der Waals surface area contributed by atoms with Crippen LogP contribution in [0.1, 0.15) is 62.3 Å². The predicted octanol–water partition coefficient (Wildman–Crippen LogP) is 3.93. The molecular formula is C20H24N2O4S. The maximum absolute atomic E-state index is 12.6. The lowest BCUT2D eigenvalue weighted by Crippen LogP contribution is -2.29. The molecule has 0 unspecified atom stereocenters. The molecule has 0 bridgehead atoms. The van der Waals surface area contributed by atoms with Crippen molar-refractivity contribution in [2.45, 2.75) is 40.7 Å². The van der Waals surface area contributed by atoms with Crippen LogP contribution >= 0.6 is 11.3 Å². The van der Waals surface area contributed by atoms with Crippen molar-refractivity contribution >= 4 is 34.1 Å². The molecule has 144 valence electrons. The van der Waals surface area contributed by atoms with Crippen LogP contribution in [0.4, 0.5) is 5.00 Å². The molecule has 2 amide bonds. The lowest BCUT2D eigenvalue weighted by Gasteiger charge is -2.08. The number of nitrogens with one attached hydrogen (secondary N) is 2. The lowest BCUT2D eigenvalue weighted by molar-refractivity contribution is 0.0527. The molecular weight excluding hydrogens is 364 g/mol. The van der Waals surface area contributed by atoms with Gasteiger partial charge in [-0.3, -0.25) is 9.59 Å². The SMILES string of the molecule is CCOC(=O)c1c(NC(=O)c2cccc(C)c2)sc(C(=O)NC(C)C)c1C. The van der Waals surface area contributed by atoms with Gasteiger partial charge in [0.2, 0.25) is 0 Å². The van der Waals surface area contributed by atoms with Crippen molar-refractivity contribution in [1.29, 1.82) is 0 Å². The van der Waals surface area contributed by atoms with Crippen LogP contribution in [-0.4, -0.2) is 30.4 Å². The van der Waals surface area contributed by atoms with Gasteiger partial charge in [-0.05, 0) is 52.3 Å². The van der Waals surface area contributed by atoms with Gasteiger partial charge >= 0.3 is 5.97 Å². The third-order valence-corrected chi connectivity index (χ3v) is 4.97. The molecule has 2 aromatic rings. The predicted molar refractivity (Wildman–Crippen MR) is 107 cm³/mol. The van der Waals surface area contributed by atoms with E-state index in [1.807, 2.05) is 26.8 Å². The number of amides is 2. The Kier molecular flexibility index (Phi) is 6.74. The summed E-state index contributed by atoms with van der Waals surface area (Å²) in [4.78, 5) is 37.9. The molecule has 0 aliphatic heterocycles. The molecule has 0 spiro atoms. The summed E-state index contributed by atoms with van der Waals surface area (Å²) in [7, 11) is 0. The summed E-state index contributed by atoms with van der Waals surface area (Å²) < 4.78 is 5.11. The molecule has 2 N–H and O–H groups in total. The van der Waals surface area contributed by atoms with E-state index in [4.69, 9.17) is 4.74 Å². The van der Waals surface area contributed by atoms with Gasteiger partial charge in [-0.2, -0.15) is 0 Å². The average Bonchev–Trinajstić information content (AvgIpc) is 2.90. The van der Waals surface area contributed by atoms with Gasteiger partial charge in [0.05, 0.1) is 17.0 Å². The van der Waals surface area contributed by atoms with E-state index < -0.39 is 5.97 Å². The Morgan fingerprint density at radius 1 is 1.15 bits per heavy atom. The second kappa shape index (κ2) is 8.81. The highest BCUT2D eigenvalue weighted by Gasteiger charge is 2.27. The maximum Gasteiger partial charge on any atom is 0.341 e. The summed E-state index contributed by atoms with van der Waals surface area (Å²) in [5, 5.41) is 5.88. The van der Waals surface area contributed by atoms with Crippen LogP contribution in [0.15, 0.2) is 24.3 Å². The van der Waals surface area contributed by atoms with Crippen molar-refractivity contribution in [1.82, 2.24) is 5.32 Å². The molecule has 0 aliphatic carbocycles. The van der Waals surface area contributed by atoms with E-state index >= 15 is 0 Å². The smallest absolute Gasteiger partial charge is 0.341 e. The minimum absolute atomic E-state index is 0.0459. The Bertz CT molecular complexity index is 871. The summed E-state index contributed by atoms with van der Waals surface area (Å²) in [6.45, 7) is 9.19. The first kappa shape index (κ1) is 20.6. The number of thiophene rings is 1. The third-order valence-electron chi connectivity index (χ3n) is 3.76. The van der Waals surface area contributed by atoms with Crippen LogP contribution in [0, 0.1) is 13.8 Å². The second-order valence-corrected chi connectivity index (χ2v) is 7.45. The number of anilines is 1. The zero-order valence-corrected chi connectivity index (χ0v) is 17.0. The van der Waals surface area contributed by atoms with Gasteiger partial charge in [0, 0.05) is 11.6 Å². The van der Waals surface area contributed by atoms with Crippen molar-refractivity contribution in [3.8, 4) is 0 Å². The third kappa shape index (κ3) is 4.95. The monoisotopic (exact) mass is 388 g/mol. The quantitative estimate of drug-likeness (QED) is 0.734. The summed E-state index contributed by atoms with van der Waals surface area (Å²) in [6, 6.07) is 7.09. The van der Waals surface area contributed by atoms with Crippen LogP contribution in [0.3, 0.4) is 0 Å². The summed E-state index contributed by atoms with van der Waals surface area (Å²) >= 11 is 1.07. The van der Waals surface area contributed by atoms with Gasteiger partial charge < -0.3 is 15.4 Å². The number of carbonyl (C=O) groups is 3. The number of rotatable bonds is 6. The first-order valence-electron chi connectivity index (χ1n) is 8.74. The topological polar surface area (TPSA) is 84.5 Å². The first-order valence-corrected chi connectivity index (χ1v) is 9.55. The lowest BCUT2D eigenvalue weighted by atomic mass is 10.1. The fraction of sp³-hybridized carbons (Fsp3) is 0.350. The number of hydrogen-bond donors (Lipinski definition) is 2. The van der Waals surface area contributed by atoms with E-state index in [1.165, 1.54) is 0 Å². The van der Waals surface area contributed by atoms with E-state index in [0.29, 0.717) is 21.0 Å².